The van der Waals surface area contributed by atoms with E-state index in [1.54, 1.807) is 0 Å². The van der Waals surface area contributed by atoms with Crippen LogP contribution < -0.4 is 0 Å². The topological polar surface area (TPSA) is 24.3 Å². The molecule has 2 aromatic rings. The number of rotatable bonds is 4. The molecule has 0 N–H and O–H groups in total. The van der Waals surface area contributed by atoms with Gasteiger partial charge in [0.1, 0.15) is 0 Å². The first-order valence-electron chi connectivity index (χ1n) is 10.7. The smallest absolute Gasteiger partial charge is 0.0641 e. The molecule has 0 amide bonds. The molecule has 2 bridgehead atoms. The Morgan fingerprint density at radius 3 is 2.44 bits per heavy atom. The molecule has 1 aromatic heterocycles. The summed E-state index contributed by atoms with van der Waals surface area (Å²) in [5, 5.41) is 4.78. The molecular formula is C23H32N4. The predicted molar refractivity (Wildman–Crippen MR) is 109 cm³/mol. The number of aryl methyl sites for hydroxylation is 2. The number of benzene rings is 1. The van der Waals surface area contributed by atoms with Crippen molar-refractivity contribution in [1.29, 1.82) is 0 Å². The lowest BCUT2D eigenvalue weighted by molar-refractivity contribution is -0.00878. The fraction of sp³-hybridized carbons (Fsp3) is 0.609. The predicted octanol–water partition coefficient (Wildman–Crippen LogP) is 3.58. The zero-order chi connectivity index (χ0) is 18.5. The first-order chi connectivity index (χ1) is 13.2. The van der Waals surface area contributed by atoms with Gasteiger partial charge in [0, 0.05) is 48.9 Å². The SMILES string of the molecule is CCn1nc(C)c(CN2C[C@@H](c3ccccc3)[C@@H]3[C@H]2C2CCN3CC2)c1C. The highest BCUT2D eigenvalue weighted by Crippen LogP contribution is 2.47. The van der Waals surface area contributed by atoms with Crippen molar-refractivity contribution >= 4 is 0 Å². The molecule has 0 saturated carbocycles. The van der Waals surface area contributed by atoms with Crippen molar-refractivity contribution in [3.63, 3.8) is 0 Å². The summed E-state index contributed by atoms with van der Waals surface area (Å²) in [6.07, 6.45) is 2.76. The molecule has 4 heteroatoms. The maximum Gasteiger partial charge on any atom is 0.0641 e. The van der Waals surface area contributed by atoms with Crippen LogP contribution in [0.2, 0.25) is 0 Å². The Labute approximate surface area is 163 Å². The molecule has 4 saturated heterocycles. The molecule has 1 aromatic carbocycles. The van der Waals surface area contributed by atoms with E-state index >= 15 is 0 Å². The number of aromatic nitrogens is 2. The van der Waals surface area contributed by atoms with Gasteiger partial charge in [-0.15, -0.1) is 0 Å². The molecule has 6 rings (SSSR count). The van der Waals surface area contributed by atoms with Gasteiger partial charge >= 0.3 is 0 Å². The van der Waals surface area contributed by atoms with Crippen molar-refractivity contribution < 1.29 is 0 Å². The molecule has 0 spiro atoms. The summed E-state index contributed by atoms with van der Waals surface area (Å²) >= 11 is 0. The normalized spacial score (nSPS) is 32.8. The van der Waals surface area contributed by atoms with Crippen molar-refractivity contribution in [2.75, 3.05) is 19.6 Å². The van der Waals surface area contributed by atoms with E-state index in [2.05, 4.69) is 65.6 Å². The average Bonchev–Trinajstić information content (AvgIpc) is 3.24. The van der Waals surface area contributed by atoms with Crippen molar-refractivity contribution in [1.82, 2.24) is 19.6 Å². The second kappa shape index (κ2) is 6.75. The van der Waals surface area contributed by atoms with Crippen LogP contribution in [0.25, 0.3) is 0 Å². The lowest BCUT2D eigenvalue weighted by Gasteiger charge is -2.51. The fourth-order valence-electron chi connectivity index (χ4n) is 6.19. The van der Waals surface area contributed by atoms with Gasteiger partial charge in [0.2, 0.25) is 0 Å². The van der Waals surface area contributed by atoms with E-state index in [1.165, 1.54) is 55.0 Å². The van der Waals surface area contributed by atoms with Crippen LogP contribution in [0.4, 0.5) is 0 Å². The Balaban J connectivity index is 1.49. The molecule has 0 unspecified atom stereocenters. The third-order valence-corrected chi connectivity index (χ3v) is 7.51. The van der Waals surface area contributed by atoms with E-state index in [4.69, 9.17) is 5.10 Å². The van der Waals surface area contributed by atoms with Gasteiger partial charge in [-0.05, 0) is 58.2 Å². The molecular weight excluding hydrogens is 332 g/mol. The first-order valence-corrected chi connectivity index (χ1v) is 10.7. The van der Waals surface area contributed by atoms with Gasteiger partial charge in [-0.2, -0.15) is 5.10 Å². The van der Waals surface area contributed by atoms with Gasteiger partial charge in [-0.25, -0.2) is 0 Å². The van der Waals surface area contributed by atoms with Crippen molar-refractivity contribution in [3.05, 3.63) is 52.8 Å². The number of likely N-dealkylation sites (tertiary alicyclic amines) is 1. The summed E-state index contributed by atoms with van der Waals surface area (Å²) in [6, 6.07) is 12.7. The van der Waals surface area contributed by atoms with E-state index in [-0.39, 0.29) is 0 Å². The highest BCUT2D eigenvalue weighted by Gasteiger charge is 2.53. The van der Waals surface area contributed by atoms with E-state index in [9.17, 15) is 0 Å². The molecule has 144 valence electrons. The van der Waals surface area contributed by atoms with E-state index in [0.717, 1.165) is 19.0 Å². The molecule has 5 heterocycles. The highest BCUT2D eigenvalue weighted by atomic mass is 15.3. The minimum absolute atomic E-state index is 0.640. The largest absolute Gasteiger partial charge is 0.298 e. The van der Waals surface area contributed by atoms with Crippen LogP contribution in [0, 0.1) is 19.8 Å². The quantitative estimate of drug-likeness (QED) is 0.829. The number of nitrogens with zero attached hydrogens (tertiary/aromatic N) is 4. The Morgan fingerprint density at radius 2 is 1.78 bits per heavy atom. The Kier molecular flexibility index (Phi) is 4.36. The lowest BCUT2D eigenvalue weighted by Crippen LogP contribution is -2.60. The number of hydrogen-bond acceptors (Lipinski definition) is 3. The first kappa shape index (κ1) is 17.4. The Morgan fingerprint density at radius 1 is 1.04 bits per heavy atom. The Bertz CT molecular complexity index is 803. The van der Waals surface area contributed by atoms with Crippen molar-refractivity contribution in [2.24, 2.45) is 5.92 Å². The number of piperidine rings is 3. The lowest BCUT2D eigenvalue weighted by atomic mass is 9.75. The number of fused-ring (bicyclic) bond motifs is 2. The second-order valence-corrected chi connectivity index (χ2v) is 8.77. The molecule has 4 aliphatic rings. The highest BCUT2D eigenvalue weighted by molar-refractivity contribution is 5.29. The summed E-state index contributed by atoms with van der Waals surface area (Å²) in [7, 11) is 0. The molecule has 4 fully saturated rings. The third-order valence-electron chi connectivity index (χ3n) is 7.51. The Hall–Kier alpha value is -1.65. The van der Waals surface area contributed by atoms with Crippen LogP contribution in [0.15, 0.2) is 30.3 Å². The maximum absolute atomic E-state index is 4.78. The van der Waals surface area contributed by atoms with Crippen LogP contribution >= 0.6 is 0 Å². The van der Waals surface area contributed by atoms with E-state index in [0.29, 0.717) is 18.0 Å². The van der Waals surface area contributed by atoms with Gasteiger partial charge in [0.15, 0.2) is 0 Å². The molecule has 4 aliphatic heterocycles. The summed E-state index contributed by atoms with van der Waals surface area (Å²) in [6.45, 7) is 12.4. The molecule has 4 nitrogen and oxygen atoms in total. The average molecular weight is 365 g/mol. The summed E-state index contributed by atoms with van der Waals surface area (Å²) in [5.74, 6) is 1.51. The summed E-state index contributed by atoms with van der Waals surface area (Å²) in [5.41, 5.74) is 5.56. The minimum Gasteiger partial charge on any atom is -0.298 e. The van der Waals surface area contributed by atoms with Gasteiger partial charge in [-0.3, -0.25) is 14.5 Å². The van der Waals surface area contributed by atoms with Crippen molar-refractivity contribution in [3.8, 4) is 0 Å². The van der Waals surface area contributed by atoms with Crippen LogP contribution in [0.3, 0.4) is 0 Å². The van der Waals surface area contributed by atoms with E-state index in [1.807, 2.05) is 0 Å². The van der Waals surface area contributed by atoms with Crippen LogP contribution in [0.5, 0.6) is 0 Å². The van der Waals surface area contributed by atoms with E-state index < -0.39 is 0 Å². The molecule has 27 heavy (non-hydrogen) atoms. The van der Waals surface area contributed by atoms with Gasteiger partial charge in [0.25, 0.3) is 0 Å². The summed E-state index contributed by atoms with van der Waals surface area (Å²) in [4.78, 5) is 5.62. The van der Waals surface area contributed by atoms with Gasteiger partial charge < -0.3 is 0 Å². The minimum atomic E-state index is 0.640. The molecule has 0 radical (unpaired) electrons. The zero-order valence-corrected chi connectivity index (χ0v) is 16.9. The van der Waals surface area contributed by atoms with Gasteiger partial charge in [-0.1, -0.05) is 30.3 Å². The van der Waals surface area contributed by atoms with Crippen LogP contribution in [0.1, 0.15) is 48.2 Å². The standard InChI is InChI=1S/C23H32N4/c1-4-27-17(3)20(16(2)24-27)14-26-15-21(18-8-6-5-7-9-18)23-22(26)19-10-12-25(23)13-11-19/h5-9,19,21-23H,4,10-15H2,1-3H3/t21-,22+,23+/m0/s1. The van der Waals surface area contributed by atoms with Crippen molar-refractivity contribution in [2.45, 2.75) is 64.7 Å². The second-order valence-electron chi connectivity index (χ2n) is 8.77. The maximum atomic E-state index is 4.78. The molecule has 3 atom stereocenters. The number of hydrogen-bond donors (Lipinski definition) is 0. The summed E-state index contributed by atoms with van der Waals surface area (Å²) < 4.78 is 2.17. The van der Waals surface area contributed by atoms with Crippen LogP contribution in [-0.2, 0) is 13.1 Å². The zero-order valence-electron chi connectivity index (χ0n) is 16.9. The fourth-order valence-corrected chi connectivity index (χ4v) is 6.19. The van der Waals surface area contributed by atoms with Crippen LogP contribution in [-0.4, -0.2) is 51.3 Å². The molecule has 0 aliphatic carbocycles. The van der Waals surface area contributed by atoms with Gasteiger partial charge in [0.05, 0.1) is 5.69 Å². The monoisotopic (exact) mass is 364 g/mol. The third kappa shape index (κ3) is 2.76.